The molecule has 3 heteroatoms. The number of aromatic nitrogens is 1. The zero-order chi connectivity index (χ0) is 13.0. The molecule has 1 saturated carbocycles. The zero-order valence-electron chi connectivity index (χ0n) is 11.3. The van der Waals surface area contributed by atoms with Crippen LogP contribution >= 0.6 is 0 Å². The third-order valence-corrected chi connectivity index (χ3v) is 4.32. The van der Waals surface area contributed by atoms with E-state index in [4.69, 9.17) is 0 Å². The molecule has 3 atom stereocenters. The molecule has 0 spiro atoms. The molecule has 0 saturated heterocycles. The number of hydrogen-bond donors (Lipinski definition) is 1. The maximum atomic E-state index is 13.3. The first-order valence-electron chi connectivity index (χ1n) is 7.04. The van der Waals surface area contributed by atoms with Crippen LogP contribution in [0.4, 0.5) is 4.39 Å². The molecule has 1 N–H and O–H groups in total. The molecule has 2 nitrogen and oxygen atoms in total. The molecule has 1 heterocycles. The maximum absolute atomic E-state index is 13.3. The van der Waals surface area contributed by atoms with Crippen LogP contribution in [0.5, 0.6) is 0 Å². The summed E-state index contributed by atoms with van der Waals surface area (Å²) in [6.07, 6.45) is 9.46. The van der Waals surface area contributed by atoms with Crippen molar-refractivity contribution in [3.05, 3.63) is 29.8 Å². The van der Waals surface area contributed by atoms with Crippen LogP contribution < -0.4 is 5.32 Å². The molecule has 2 rings (SSSR count). The normalized spacial score (nSPS) is 25.9. The molecular formula is C15H23FN2. The van der Waals surface area contributed by atoms with Gasteiger partial charge in [0.05, 0.1) is 6.20 Å². The SMILES string of the molecule is CCC1CCCCC1C(NC)c1cncc(F)c1. The average molecular weight is 250 g/mol. The van der Waals surface area contributed by atoms with Gasteiger partial charge in [0.2, 0.25) is 0 Å². The second-order valence-electron chi connectivity index (χ2n) is 5.32. The van der Waals surface area contributed by atoms with Gasteiger partial charge < -0.3 is 5.32 Å². The topological polar surface area (TPSA) is 24.9 Å². The molecule has 1 aliphatic carbocycles. The summed E-state index contributed by atoms with van der Waals surface area (Å²) in [4.78, 5) is 3.98. The van der Waals surface area contributed by atoms with E-state index in [1.807, 2.05) is 7.05 Å². The van der Waals surface area contributed by atoms with Gasteiger partial charge in [-0.2, -0.15) is 0 Å². The second kappa shape index (κ2) is 6.28. The van der Waals surface area contributed by atoms with E-state index in [0.29, 0.717) is 5.92 Å². The monoisotopic (exact) mass is 250 g/mol. The number of nitrogens with one attached hydrogen (secondary N) is 1. The zero-order valence-corrected chi connectivity index (χ0v) is 11.3. The van der Waals surface area contributed by atoms with E-state index in [1.54, 1.807) is 12.3 Å². The molecule has 1 aromatic rings. The molecule has 0 aliphatic heterocycles. The lowest BCUT2D eigenvalue weighted by molar-refractivity contribution is 0.180. The summed E-state index contributed by atoms with van der Waals surface area (Å²) in [5, 5.41) is 3.37. The molecule has 0 aromatic carbocycles. The van der Waals surface area contributed by atoms with Crippen molar-refractivity contribution < 1.29 is 4.39 Å². The molecule has 1 aromatic heterocycles. The number of halogens is 1. The molecule has 18 heavy (non-hydrogen) atoms. The third-order valence-electron chi connectivity index (χ3n) is 4.32. The standard InChI is InChI=1S/C15H23FN2/c1-3-11-6-4-5-7-14(11)15(17-2)12-8-13(16)10-18-9-12/h8-11,14-15,17H,3-7H2,1-2H3. The molecule has 3 unspecified atom stereocenters. The fraction of sp³-hybridized carbons (Fsp3) is 0.667. The number of rotatable bonds is 4. The van der Waals surface area contributed by atoms with E-state index in [9.17, 15) is 4.39 Å². The van der Waals surface area contributed by atoms with Crippen molar-refractivity contribution in [3.63, 3.8) is 0 Å². The number of pyridine rings is 1. The van der Waals surface area contributed by atoms with Gasteiger partial charge in [-0.1, -0.05) is 32.6 Å². The van der Waals surface area contributed by atoms with Crippen molar-refractivity contribution in [1.82, 2.24) is 10.3 Å². The quantitative estimate of drug-likeness (QED) is 0.881. The Hall–Kier alpha value is -0.960. The van der Waals surface area contributed by atoms with Crippen molar-refractivity contribution >= 4 is 0 Å². The van der Waals surface area contributed by atoms with Crippen LogP contribution in [0.25, 0.3) is 0 Å². The highest BCUT2D eigenvalue weighted by Gasteiger charge is 2.31. The molecular weight excluding hydrogens is 227 g/mol. The van der Waals surface area contributed by atoms with Crippen LogP contribution in [0.15, 0.2) is 18.5 Å². The van der Waals surface area contributed by atoms with Crippen molar-refractivity contribution in [2.24, 2.45) is 11.8 Å². The Bertz CT molecular complexity index is 381. The summed E-state index contributed by atoms with van der Waals surface area (Å²) in [6.45, 7) is 2.26. The van der Waals surface area contributed by atoms with E-state index in [0.717, 1.165) is 11.5 Å². The van der Waals surface area contributed by atoms with Crippen LogP contribution in [0, 0.1) is 17.7 Å². The fourth-order valence-corrected chi connectivity index (χ4v) is 3.41. The number of nitrogens with zero attached hydrogens (tertiary/aromatic N) is 1. The Morgan fingerprint density at radius 2 is 2.17 bits per heavy atom. The predicted molar refractivity (Wildman–Crippen MR) is 71.7 cm³/mol. The van der Waals surface area contributed by atoms with E-state index in [-0.39, 0.29) is 11.9 Å². The largest absolute Gasteiger partial charge is 0.313 e. The molecule has 0 radical (unpaired) electrons. The highest BCUT2D eigenvalue weighted by atomic mass is 19.1. The summed E-state index contributed by atoms with van der Waals surface area (Å²) in [5.41, 5.74) is 0.989. The Morgan fingerprint density at radius 3 is 2.83 bits per heavy atom. The van der Waals surface area contributed by atoms with Crippen LogP contribution in [-0.4, -0.2) is 12.0 Å². The molecule has 0 amide bonds. The van der Waals surface area contributed by atoms with E-state index in [1.165, 1.54) is 38.3 Å². The van der Waals surface area contributed by atoms with Crippen LogP contribution in [0.3, 0.4) is 0 Å². The van der Waals surface area contributed by atoms with E-state index >= 15 is 0 Å². The Morgan fingerprint density at radius 1 is 1.39 bits per heavy atom. The summed E-state index contributed by atoms with van der Waals surface area (Å²) in [5.74, 6) is 1.12. The van der Waals surface area contributed by atoms with Crippen LogP contribution in [0.1, 0.15) is 50.6 Å². The van der Waals surface area contributed by atoms with Crippen LogP contribution in [0.2, 0.25) is 0 Å². The van der Waals surface area contributed by atoms with Gasteiger partial charge in [-0.05, 0) is 36.9 Å². The third kappa shape index (κ3) is 2.89. The first kappa shape index (κ1) is 13.5. The van der Waals surface area contributed by atoms with E-state index < -0.39 is 0 Å². The van der Waals surface area contributed by atoms with Crippen molar-refractivity contribution in [1.29, 1.82) is 0 Å². The van der Waals surface area contributed by atoms with Crippen molar-refractivity contribution in [2.45, 2.75) is 45.1 Å². The first-order valence-corrected chi connectivity index (χ1v) is 7.04. The van der Waals surface area contributed by atoms with Gasteiger partial charge in [0.15, 0.2) is 0 Å². The van der Waals surface area contributed by atoms with Gasteiger partial charge in [-0.15, -0.1) is 0 Å². The molecule has 1 aliphatic rings. The summed E-state index contributed by atoms with van der Waals surface area (Å²) >= 11 is 0. The molecule has 100 valence electrons. The predicted octanol–water partition coefficient (Wildman–Crippen LogP) is 3.70. The van der Waals surface area contributed by atoms with Gasteiger partial charge in [-0.3, -0.25) is 4.98 Å². The Balaban J connectivity index is 2.21. The molecule has 1 fully saturated rings. The smallest absolute Gasteiger partial charge is 0.141 e. The lowest BCUT2D eigenvalue weighted by atomic mass is 9.72. The van der Waals surface area contributed by atoms with Crippen molar-refractivity contribution in [2.75, 3.05) is 7.05 Å². The summed E-state index contributed by atoms with van der Waals surface area (Å²) in [6, 6.07) is 1.86. The van der Waals surface area contributed by atoms with Gasteiger partial charge in [0.25, 0.3) is 0 Å². The van der Waals surface area contributed by atoms with Crippen LogP contribution in [-0.2, 0) is 0 Å². The fourth-order valence-electron chi connectivity index (χ4n) is 3.41. The van der Waals surface area contributed by atoms with Crippen molar-refractivity contribution in [3.8, 4) is 0 Å². The maximum Gasteiger partial charge on any atom is 0.141 e. The van der Waals surface area contributed by atoms with Gasteiger partial charge in [-0.25, -0.2) is 4.39 Å². The first-order chi connectivity index (χ1) is 8.76. The Kier molecular flexibility index (Phi) is 4.70. The highest BCUT2D eigenvalue weighted by molar-refractivity contribution is 5.16. The second-order valence-corrected chi connectivity index (χ2v) is 5.32. The lowest BCUT2D eigenvalue weighted by Crippen LogP contribution is -2.32. The minimum absolute atomic E-state index is 0.235. The summed E-state index contributed by atoms with van der Waals surface area (Å²) < 4.78 is 13.3. The Labute approximate surface area is 109 Å². The summed E-state index contributed by atoms with van der Waals surface area (Å²) in [7, 11) is 1.97. The van der Waals surface area contributed by atoms with E-state index in [2.05, 4.69) is 17.2 Å². The minimum atomic E-state index is -0.239. The number of hydrogen-bond acceptors (Lipinski definition) is 2. The molecule has 0 bridgehead atoms. The van der Waals surface area contributed by atoms with Gasteiger partial charge in [0.1, 0.15) is 5.82 Å². The minimum Gasteiger partial charge on any atom is -0.313 e. The average Bonchev–Trinajstić information content (AvgIpc) is 2.40. The highest BCUT2D eigenvalue weighted by Crippen LogP contribution is 2.39. The van der Waals surface area contributed by atoms with Gasteiger partial charge >= 0.3 is 0 Å². The lowest BCUT2D eigenvalue weighted by Gasteiger charge is -2.37. The van der Waals surface area contributed by atoms with Gasteiger partial charge in [0, 0.05) is 12.2 Å².